The zero-order valence-electron chi connectivity index (χ0n) is 17.9. The fourth-order valence-corrected chi connectivity index (χ4v) is 3.22. The molecule has 1 fully saturated rings. The molecule has 1 unspecified atom stereocenters. The van der Waals surface area contributed by atoms with Gasteiger partial charge >= 0.3 is 12.7 Å². The van der Waals surface area contributed by atoms with Gasteiger partial charge in [0.05, 0.1) is 6.04 Å². The van der Waals surface area contributed by atoms with E-state index in [9.17, 15) is 18.4 Å². The summed E-state index contributed by atoms with van der Waals surface area (Å²) in [5, 5.41) is 5.60. The molecular weight excluding hydrogens is 396 g/mol. The predicted octanol–water partition coefficient (Wildman–Crippen LogP) is 3.85. The van der Waals surface area contributed by atoms with Crippen molar-refractivity contribution in [1.82, 2.24) is 10.2 Å². The molecule has 1 aromatic carbocycles. The molecule has 2 N–H and O–H groups in total. The Morgan fingerprint density at radius 1 is 1.17 bits per heavy atom. The lowest BCUT2D eigenvalue weighted by Crippen LogP contribution is -2.47. The van der Waals surface area contributed by atoms with Crippen LogP contribution in [0.15, 0.2) is 24.3 Å². The summed E-state index contributed by atoms with van der Waals surface area (Å²) in [5.74, 6) is 0.215. The molecular formula is C21H31F2N3O4. The van der Waals surface area contributed by atoms with Gasteiger partial charge in [0.15, 0.2) is 0 Å². The van der Waals surface area contributed by atoms with Crippen molar-refractivity contribution in [1.29, 1.82) is 0 Å². The Morgan fingerprint density at radius 2 is 1.77 bits per heavy atom. The lowest BCUT2D eigenvalue weighted by molar-refractivity contribution is -0.121. The van der Waals surface area contributed by atoms with Crippen molar-refractivity contribution in [3.63, 3.8) is 0 Å². The molecule has 1 aromatic rings. The number of ether oxygens (including phenoxy) is 2. The molecule has 0 spiro atoms. The van der Waals surface area contributed by atoms with Crippen molar-refractivity contribution in [3.8, 4) is 5.75 Å². The maximum atomic E-state index is 12.5. The summed E-state index contributed by atoms with van der Waals surface area (Å²) in [7, 11) is 0. The predicted molar refractivity (Wildman–Crippen MR) is 110 cm³/mol. The number of halogens is 2. The number of amides is 2. The molecule has 2 amide bonds. The van der Waals surface area contributed by atoms with Crippen LogP contribution in [0.3, 0.4) is 0 Å². The van der Waals surface area contributed by atoms with Crippen molar-refractivity contribution < 1.29 is 27.8 Å². The Labute approximate surface area is 176 Å². The summed E-state index contributed by atoms with van der Waals surface area (Å²) < 4.78 is 33.9. The van der Waals surface area contributed by atoms with E-state index in [1.807, 2.05) is 27.7 Å². The van der Waals surface area contributed by atoms with E-state index in [0.29, 0.717) is 18.2 Å². The van der Waals surface area contributed by atoms with E-state index in [1.54, 1.807) is 0 Å². The highest BCUT2D eigenvalue weighted by Crippen LogP contribution is 2.21. The molecule has 1 heterocycles. The first-order valence-electron chi connectivity index (χ1n) is 10.1. The summed E-state index contributed by atoms with van der Waals surface area (Å²) >= 11 is 0. The van der Waals surface area contributed by atoms with E-state index in [4.69, 9.17) is 4.74 Å². The van der Waals surface area contributed by atoms with Crippen LogP contribution in [0.2, 0.25) is 0 Å². The number of carbonyl (C=O) groups excluding carboxylic acids is 2. The van der Waals surface area contributed by atoms with E-state index in [0.717, 1.165) is 25.9 Å². The highest BCUT2D eigenvalue weighted by Gasteiger charge is 2.27. The third-order valence-corrected chi connectivity index (χ3v) is 4.86. The van der Waals surface area contributed by atoms with Gasteiger partial charge in [0, 0.05) is 12.2 Å². The molecule has 0 radical (unpaired) electrons. The number of rotatable bonds is 7. The van der Waals surface area contributed by atoms with Crippen molar-refractivity contribution in [2.24, 2.45) is 5.92 Å². The van der Waals surface area contributed by atoms with Gasteiger partial charge in [0.1, 0.15) is 11.4 Å². The van der Waals surface area contributed by atoms with Crippen molar-refractivity contribution in [2.75, 3.05) is 25.0 Å². The van der Waals surface area contributed by atoms with Gasteiger partial charge in [-0.25, -0.2) is 4.79 Å². The molecule has 1 atom stereocenters. The minimum Gasteiger partial charge on any atom is -0.444 e. The van der Waals surface area contributed by atoms with Crippen LogP contribution < -0.4 is 15.4 Å². The number of alkyl halides is 2. The summed E-state index contributed by atoms with van der Waals surface area (Å²) in [5.41, 5.74) is -0.00289. The number of likely N-dealkylation sites (tertiary alicyclic amines) is 1. The zero-order chi connectivity index (χ0) is 22.3. The lowest BCUT2D eigenvalue weighted by Gasteiger charge is -2.35. The van der Waals surface area contributed by atoms with Gasteiger partial charge in [0.25, 0.3) is 0 Å². The van der Waals surface area contributed by atoms with Crippen LogP contribution in [0.25, 0.3) is 0 Å². The monoisotopic (exact) mass is 427 g/mol. The molecule has 1 saturated heterocycles. The SMILES string of the molecule is CC(C(=O)Nc1ccc(OC(F)F)cc1)N1CCC(CNC(=O)OC(C)(C)C)CC1. The molecule has 2 rings (SSSR count). The summed E-state index contributed by atoms with van der Waals surface area (Å²) in [6.07, 6.45) is 1.32. The first-order chi connectivity index (χ1) is 14.0. The average Bonchev–Trinajstić information content (AvgIpc) is 2.66. The van der Waals surface area contributed by atoms with Crippen molar-refractivity contribution in [2.45, 2.75) is 58.8 Å². The second-order valence-corrected chi connectivity index (χ2v) is 8.43. The third-order valence-electron chi connectivity index (χ3n) is 4.86. The van der Waals surface area contributed by atoms with E-state index in [-0.39, 0.29) is 17.7 Å². The lowest BCUT2D eigenvalue weighted by atomic mass is 9.96. The van der Waals surface area contributed by atoms with Gasteiger partial charge in [-0.2, -0.15) is 8.78 Å². The molecule has 168 valence electrons. The molecule has 1 aliphatic heterocycles. The van der Waals surface area contributed by atoms with E-state index < -0.39 is 18.3 Å². The number of piperidine rings is 1. The average molecular weight is 427 g/mol. The molecule has 9 heteroatoms. The summed E-state index contributed by atoms with van der Waals surface area (Å²) in [4.78, 5) is 26.4. The van der Waals surface area contributed by atoms with Gasteiger partial charge < -0.3 is 20.1 Å². The first-order valence-corrected chi connectivity index (χ1v) is 10.1. The normalized spacial score (nSPS) is 16.8. The van der Waals surface area contributed by atoms with Crippen LogP contribution in [-0.2, 0) is 9.53 Å². The number of carbonyl (C=O) groups is 2. The zero-order valence-corrected chi connectivity index (χ0v) is 17.9. The molecule has 0 aromatic heterocycles. The Kier molecular flexibility index (Phi) is 8.40. The Bertz CT molecular complexity index is 699. The minimum atomic E-state index is -2.88. The number of hydrogen-bond donors (Lipinski definition) is 2. The smallest absolute Gasteiger partial charge is 0.407 e. The Morgan fingerprint density at radius 3 is 2.30 bits per heavy atom. The highest BCUT2D eigenvalue weighted by molar-refractivity contribution is 5.94. The number of nitrogens with one attached hydrogen (secondary N) is 2. The maximum Gasteiger partial charge on any atom is 0.407 e. The van der Waals surface area contributed by atoms with E-state index >= 15 is 0 Å². The second kappa shape index (κ2) is 10.6. The molecule has 0 saturated carbocycles. The van der Waals surface area contributed by atoms with Gasteiger partial charge in [-0.15, -0.1) is 0 Å². The van der Waals surface area contributed by atoms with Gasteiger partial charge in [-0.3, -0.25) is 9.69 Å². The Hall–Kier alpha value is -2.42. The van der Waals surface area contributed by atoms with Crippen LogP contribution in [-0.4, -0.2) is 54.8 Å². The fraction of sp³-hybridized carbons (Fsp3) is 0.619. The van der Waals surface area contributed by atoms with E-state index in [1.165, 1.54) is 24.3 Å². The highest BCUT2D eigenvalue weighted by atomic mass is 19.3. The topological polar surface area (TPSA) is 79.9 Å². The first kappa shape index (κ1) is 23.9. The molecule has 7 nitrogen and oxygen atoms in total. The molecule has 0 aliphatic carbocycles. The van der Waals surface area contributed by atoms with Crippen LogP contribution in [0.4, 0.5) is 19.3 Å². The fourth-order valence-electron chi connectivity index (χ4n) is 3.22. The molecule has 30 heavy (non-hydrogen) atoms. The third kappa shape index (κ3) is 8.14. The number of benzene rings is 1. The maximum absolute atomic E-state index is 12.5. The summed E-state index contributed by atoms with van der Waals surface area (Å²) in [6.45, 7) is 6.47. The van der Waals surface area contributed by atoms with Crippen LogP contribution >= 0.6 is 0 Å². The number of anilines is 1. The molecule has 1 aliphatic rings. The minimum absolute atomic E-state index is 0.0399. The van der Waals surface area contributed by atoms with Crippen LogP contribution in [0, 0.1) is 5.92 Å². The number of nitrogens with zero attached hydrogens (tertiary/aromatic N) is 1. The quantitative estimate of drug-likeness (QED) is 0.691. The largest absolute Gasteiger partial charge is 0.444 e. The van der Waals surface area contributed by atoms with Crippen molar-refractivity contribution in [3.05, 3.63) is 24.3 Å². The van der Waals surface area contributed by atoms with Crippen molar-refractivity contribution >= 4 is 17.7 Å². The number of alkyl carbamates (subject to hydrolysis) is 1. The Balaban J connectivity index is 1.74. The standard InChI is InChI=1S/C21H31F2N3O4/c1-14(18(27)25-16-5-7-17(8-6-16)29-19(22)23)26-11-9-15(10-12-26)13-24-20(28)30-21(2,3)4/h5-8,14-15,19H,9-13H2,1-4H3,(H,24,28)(H,25,27). The number of hydrogen-bond acceptors (Lipinski definition) is 5. The van der Waals surface area contributed by atoms with Gasteiger partial charge in [0.2, 0.25) is 5.91 Å². The van der Waals surface area contributed by atoms with Crippen LogP contribution in [0.1, 0.15) is 40.5 Å². The second-order valence-electron chi connectivity index (χ2n) is 8.43. The summed E-state index contributed by atoms with van der Waals surface area (Å²) in [6, 6.07) is 5.49. The van der Waals surface area contributed by atoms with Crippen LogP contribution in [0.5, 0.6) is 5.75 Å². The van der Waals surface area contributed by atoms with Gasteiger partial charge in [-0.05, 0) is 83.8 Å². The van der Waals surface area contributed by atoms with Gasteiger partial charge in [-0.1, -0.05) is 0 Å². The van der Waals surface area contributed by atoms with E-state index in [2.05, 4.69) is 20.3 Å². The molecule has 0 bridgehead atoms.